The molecule has 1 aliphatic carbocycles. The van der Waals surface area contributed by atoms with Gasteiger partial charge in [-0.2, -0.15) is 0 Å². The van der Waals surface area contributed by atoms with Crippen molar-refractivity contribution in [1.29, 1.82) is 0 Å². The zero-order valence-corrected chi connectivity index (χ0v) is 12.6. The van der Waals surface area contributed by atoms with Crippen LogP contribution in [0, 0.1) is 11.8 Å². The number of aromatic nitrogens is 2. The molecule has 20 heavy (non-hydrogen) atoms. The molecule has 2 unspecified atom stereocenters. The Morgan fingerprint density at radius 1 is 1.60 bits per heavy atom. The number of imidazole rings is 1. The molecule has 1 aliphatic rings. The van der Waals surface area contributed by atoms with Crippen molar-refractivity contribution in [3.63, 3.8) is 0 Å². The second-order valence-electron chi connectivity index (χ2n) is 5.27. The van der Waals surface area contributed by atoms with Gasteiger partial charge >= 0.3 is 5.97 Å². The molecule has 6 heteroatoms. The molecule has 2 aromatic rings. The highest BCUT2D eigenvalue weighted by atomic mass is 35.5. The minimum absolute atomic E-state index is 0.0150. The van der Waals surface area contributed by atoms with E-state index >= 15 is 0 Å². The summed E-state index contributed by atoms with van der Waals surface area (Å²) in [6.07, 6.45) is 1.23. The maximum absolute atomic E-state index is 10.8. The lowest BCUT2D eigenvalue weighted by molar-refractivity contribution is -0.133. The monoisotopic (exact) mass is 310 g/mol. The number of hydrogen-bond acceptors (Lipinski definition) is 3. The van der Waals surface area contributed by atoms with E-state index in [-0.39, 0.29) is 5.75 Å². The lowest BCUT2D eigenvalue weighted by Gasteiger charge is -2.07. The van der Waals surface area contributed by atoms with Crippen LogP contribution in [0.4, 0.5) is 0 Å². The summed E-state index contributed by atoms with van der Waals surface area (Å²) >= 11 is 7.44. The normalized spacial score (nSPS) is 21.3. The molecule has 1 fully saturated rings. The molecule has 1 aromatic carbocycles. The number of thioether (sulfide) groups is 1. The minimum atomic E-state index is -0.834. The smallest absolute Gasteiger partial charge is 0.313 e. The van der Waals surface area contributed by atoms with Crippen molar-refractivity contribution in [3.8, 4) is 0 Å². The SMILES string of the molecule is CC1CC1Cn1c(SCC(=O)O)nc2c(Cl)cccc21. The standard InChI is InChI=1S/C14H15ClN2O2S/c1-8-5-9(8)6-17-11-4-2-3-10(15)13(11)16-14(17)20-7-12(18)19/h2-4,8-9H,5-7H2,1H3,(H,18,19). The first kappa shape index (κ1) is 13.8. The van der Waals surface area contributed by atoms with E-state index in [1.807, 2.05) is 18.2 Å². The fraction of sp³-hybridized carbons (Fsp3) is 0.429. The number of rotatable bonds is 5. The van der Waals surface area contributed by atoms with E-state index in [1.54, 1.807) is 0 Å². The maximum atomic E-state index is 10.8. The third kappa shape index (κ3) is 2.65. The number of halogens is 1. The summed E-state index contributed by atoms with van der Waals surface area (Å²) in [6.45, 7) is 3.13. The quantitative estimate of drug-likeness (QED) is 0.858. The lowest BCUT2D eigenvalue weighted by atomic mass is 10.3. The van der Waals surface area contributed by atoms with Crippen molar-refractivity contribution in [1.82, 2.24) is 9.55 Å². The van der Waals surface area contributed by atoms with E-state index in [1.165, 1.54) is 18.2 Å². The van der Waals surface area contributed by atoms with Crippen molar-refractivity contribution in [2.24, 2.45) is 11.8 Å². The Balaban J connectivity index is 1.99. The van der Waals surface area contributed by atoms with E-state index < -0.39 is 5.97 Å². The third-order valence-corrected chi connectivity index (χ3v) is 4.98. The average Bonchev–Trinajstić information content (AvgIpc) is 2.96. The molecule has 0 radical (unpaired) electrons. The van der Waals surface area contributed by atoms with Crippen molar-refractivity contribution < 1.29 is 9.90 Å². The topological polar surface area (TPSA) is 55.1 Å². The molecular weight excluding hydrogens is 296 g/mol. The Hall–Kier alpha value is -1.20. The molecule has 4 nitrogen and oxygen atoms in total. The molecule has 2 atom stereocenters. The van der Waals surface area contributed by atoms with Crippen LogP contribution in [-0.4, -0.2) is 26.4 Å². The second kappa shape index (κ2) is 5.30. The summed E-state index contributed by atoms with van der Waals surface area (Å²) in [6, 6.07) is 5.71. The highest BCUT2D eigenvalue weighted by Crippen LogP contribution is 2.41. The fourth-order valence-corrected chi connectivity index (χ4v) is 3.34. The largest absolute Gasteiger partial charge is 0.481 e. The molecule has 1 heterocycles. The van der Waals surface area contributed by atoms with Crippen LogP contribution in [0.2, 0.25) is 5.02 Å². The highest BCUT2D eigenvalue weighted by Gasteiger charge is 2.33. The van der Waals surface area contributed by atoms with Crippen molar-refractivity contribution >= 4 is 40.4 Å². The Bertz CT molecular complexity index is 670. The zero-order chi connectivity index (χ0) is 14.3. The van der Waals surface area contributed by atoms with Crippen molar-refractivity contribution in [2.75, 3.05) is 5.75 Å². The molecule has 3 rings (SSSR count). The van der Waals surface area contributed by atoms with Gasteiger partial charge in [0, 0.05) is 6.54 Å². The second-order valence-corrected chi connectivity index (χ2v) is 6.62. The predicted octanol–water partition coefficient (Wildman–Crippen LogP) is 3.52. The Morgan fingerprint density at radius 2 is 2.35 bits per heavy atom. The molecular formula is C14H15ClN2O2S. The van der Waals surface area contributed by atoms with Gasteiger partial charge in [-0.3, -0.25) is 4.79 Å². The number of aliphatic carboxylic acids is 1. The summed E-state index contributed by atoms with van der Waals surface area (Å²) in [5, 5.41) is 10.2. The minimum Gasteiger partial charge on any atom is -0.481 e. The predicted molar refractivity (Wildman–Crippen MR) is 80.4 cm³/mol. The molecule has 0 bridgehead atoms. The number of carboxylic acid groups (broad SMARTS) is 1. The molecule has 1 N–H and O–H groups in total. The van der Waals surface area contributed by atoms with E-state index in [0.29, 0.717) is 10.9 Å². The molecule has 0 spiro atoms. The van der Waals surface area contributed by atoms with Gasteiger partial charge in [0.2, 0.25) is 0 Å². The van der Waals surface area contributed by atoms with Crippen LogP contribution in [0.5, 0.6) is 0 Å². The fourth-order valence-electron chi connectivity index (χ4n) is 2.39. The molecule has 0 amide bonds. The summed E-state index contributed by atoms with van der Waals surface area (Å²) < 4.78 is 2.11. The van der Waals surface area contributed by atoms with E-state index in [2.05, 4.69) is 16.5 Å². The first-order valence-corrected chi connectivity index (χ1v) is 7.92. The van der Waals surface area contributed by atoms with Crippen molar-refractivity contribution in [3.05, 3.63) is 23.2 Å². The summed E-state index contributed by atoms with van der Waals surface area (Å²) in [7, 11) is 0. The van der Waals surface area contributed by atoms with E-state index in [4.69, 9.17) is 16.7 Å². The zero-order valence-electron chi connectivity index (χ0n) is 11.0. The van der Waals surface area contributed by atoms with Gasteiger partial charge in [-0.05, 0) is 30.4 Å². The van der Waals surface area contributed by atoms with E-state index in [9.17, 15) is 4.79 Å². The molecule has 1 saturated carbocycles. The first-order chi connectivity index (χ1) is 9.56. The van der Waals surface area contributed by atoms with Gasteiger partial charge in [-0.25, -0.2) is 4.98 Å². The van der Waals surface area contributed by atoms with Crippen LogP contribution < -0.4 is 0 Å². The summed E-state index contributed by atoms with van der Waals surface area (Å²) in [4.78, 5) is 15.3. The average molecular weight is 311 g/mol. The maximum Gasteiger partial charge on any atom is 0.313 e. The van der Waals surface area contributed by atoms with Gasteiger partial charge in [0.15, 0.2) is 5.16 Å². The lowest BCUT2D eigenvalue weighted by Crippen LogP contribution is -2.05. The molecule has 0 aliphatic heterocycles. The van der Waals surface area contributed by atoms with Crippen LogP contribution in [-0.2, 0) is 11.3 Å². The third-order valence-electron chi connectivity index (χ3n) is 3.71. The van der Waals surface area contributed by atoms with Crippen LogP contribution >= 0.6 is 23.4 Å². The Kier molecular flexibility index (Phi) is 3.65. The number of benzene rings is 1. The Morgan fingerprint density at radius 3 is 3.00 bits per heavy atom. The van der Waals surface area contributed by atoms with Crippen LogP contribution in [0.15, 0.2) is 23.4 Å². The van der Waals surface area contributed by atoms with Crippen molar-refractivity contribution in [2.45, 2.75) is 25.0 Å². The number of para-hydroxylation sites is 1. The number of nitrogens with zero attached hydrogens (tertiary/aromatic N) is 2. The van der Waals surface area contributed by atoms with Gasteiger partial charge < -0.3 is 9.67 Å². The molecule has 1 aromatic heterocycles. The number of carbonyl (C=O) groups is 1. The molecule has 106 valence electrons. The van der Waals surface area contributed by atoms with Gasteiger partial charge in [-0.15, -0.1) is 0 Å². The number of hydrogen-bond donors (Lipinski definition) is 1. The van der Waals surface area contributed by atoms with Gasteiger partial charge in [-0.1, -0.05) is 36.4 Å². The first-order valence-electron chi connectivity index (χ1n) is 6.55. The summed E-state index contributed by atoms with van der Waals surface area (Å²) in [5.41, 5.74) is 1.75. The Labute approximate surface area is 126 Å². The van der Waals surface area contributed by atoms with Crippen LogP contribution in [0.3, 0.4) is 0 Å². The van der Waals surface area contributed by atoms with Gasteiger partial charge in [0.05, 0.1) is 16.3 Å². The van der Waals surface area contributed by atoms with E-state index in [0.717, 1.165) is 28.7 Å². The van der Waals surface area contributed by atoms with Crippen LogP contribution in [0.25, 0.3) is 11.0 Å². The molecule has 0 saturated heterocycles. The van der Waals surface area contributed by atoms with Gasteiger partial charge in [0.1, 0.15) is 5.52 Å². The number of carboxylic acids is 1. The highest BCUT2D eigenvalue weighted by molar-refractivity contribution is 7.99. The summed E-state index contributed by atoms with van der Waals surface area (Å²) in [5.74, 6) is 0.584. The number of fused-ring (bicyclic) bond motifs is 1. The van der Waals surface area contributed by atoms with Gasteiger partial charge in [0.25, 0.3) is 0 Å². The van der Waals surface area contributed by atoms with Crippen LogP contribution in [0.1, 0.15) is 13.3 Å².